The molecule has 3 rings (SSSR count). The highest BCUT2D eigenvalue weighted by atomic mass is 32.2. The summed E-state index contributed by atoms with van der Waals surface area (Å²) in [4.78, 5) is 18.3. The van der Waals surface area contributed by atoms with E-state index in [0.29, 0.717) is 10.7 Å². The number of anilines is 1. The SMILES string of the molecule is CC(C)=CCC/C(C)=C/CC/C(C)=C/CSc1cccc(C(=O)Nc2nc3ccccc3s2)c1. The van der Waals surface area contributed by atoms with Gasteiger partial charge in [0.25, 0.3) is 5.91 Å². The van der Waals surface area contributed by atoms with E-state index in [1.807, 2.05) is 42.5 Å². The molecule has 1 heterocycles. The second-order valence-electron chi connectivity index (χ2n) is 8.74. The number of nitrogens with one attached hydrogen (secondary N) is 1. The molecule has 1 amide bonds. The van der Waals surface area contributed by atoms with Crippen molar-refractivity contribution in [2.75, 3.05) is 11.1 Å². The third-order valence-corrected chi connectivity index (χ3v) is 7.29. The minimum absolute atomic E-state index is 0.125. The summed E-state index contributed by atoms with van der Waals surface area (Å²) in [6, 6.07) is 15.7. The van der Waals surface area contributed by atoms with Gasteiger partial charge in [-0.05, 0) is 83.7 Å². The fraction of sp³-hybridized carbons (Fsp3) is 0.310. The molecule has 0 aliphatic heterocycles. The molecule has 5 heteroatoms. The number of nitrogens with zero attached hydrogens (tertiary/aromatic N) is 1. The molecule has 3 aromatic rings. The maximum absolute atomic E-state index is 12.7. The molecule has 0 radical (unpaired) electrons. The molecule has 34 heavy (non-hydrogen) atoms. The summed E-state index contributed by atoms with van der Waals surface area (Å²) < 4.78 is 1.07. The van der Waals surface area contributed by atoms with Crippen molar-refractivity contribution in [3.05, 3.63) is 89.0 Å². The maximum Gasteiger partial charge on any atom is 0.257 e. The second kappa shape index (κ2) is 13.3. The Hall–Kier alpha value is -2.63. The van der Waals surface area contributed by atoms with Crippen molar-refractivity contribution in [1.29, 1.82) is 0 Å². The molecule has 0 aliphatic carbocycles. The van der Waals surface area contributed by atoms with Gasteiger partial charge in [-0.3, -0.25) is 10.1 Å². The molecule has 3 nitrogen and oxygen atoms in total. The summed E-state index contributed by atoms with van der Waals surface area (Å²) in [7, 11) is 0. The molecule has 2 aromatic carbocycles. The van der Waals surface area contributed by atoms with E-state index in [-0.39, 0.29) is 5.91 Å². The Bertz CT molecular complexity index is 1170. The summed E-state index contributed by atoms with van der Waals surface area (Å²) in [6.07, 6.45) is 11.4. The zero-order valence-corrected chi connectivity index (χ0v) is 22.2. The van der Waals surface area contributed by atoms with Crippen molar-refractivity contribution in [3.63, 3.8) is 0 Å². The number of para-hydroxylation sites is 1. The first kappa shape index (κ1) is 26.0. The normalized spacial score (nSPS) is 12.1. The monoisotopic (exact) mass is 490 g/mol. The van der Waals surface area contributed by atoms with E-state index in [1.54, 1.807) is 11.8 Å². The van der Waals surface area contributed by atoms with Crippen LogP contribution >= 0.6 is 23.1 Å². The number of hydrogen-bond donors (Lipinski definition) is 1. The lowest BCUT2D eigenvalue weighted by Gasteiger charge is -2.05. The average molecular weight is 491 g/mol. The molecule has 0 atom stereocenters. The Balaban J connectivity index is 1.46. The minimum atomic E-state index is -0.125. The Morgan fingerprint density at radius 3 is 2.44 bits per heavy atom. The molecule has 0 unspecified atom stereocenters. The van der Waals surface area contributed by atoms with E-state index >= 15 is 0 Å². The molecule has 0 fully saturated rings. The number of benzene rings is 2. The Kier molecular flexibility index (Phi) is 10.2. The lowest BCUT2D eigenvalue weighted by molar-refractivity contribution is 0.102. The van der Waals surface area contributed by atoms with Crippen LogP contribution in [0.5, 0.6) is 0 Å². The molecule has 178 valence electrons. The molecule has 0 aliphatic rings. The quantitative estimate of drug-likeness (QED) is 0.215. The molecule has 0 saturated carbocycles. The van der Waals surface area contributed by atoms with Gasteiger partial charge in [0, 0.05) is 16.2 Å². The fourth-order valence-corrected chi connectivity index (χ4v) is 5.25. The number of allylic oxidation sites excluding steroid dienone is 5. The lowest BCUT2D eigenvalue weighted by atomic mass is 10.1. The van der Waals surface area contributed by atoms with Gasteiger partial charge in [0.15, 0.2) is 5.13 Å². The Morgan fingerprint density at radius 2 is 1.68 bits per heavy atom. The predicted molar refractivity (Wildman–Crippen MR) is 150 cm³/mol. The first-order chi connectivity index (χ1) is 16.4. The summed E-state index contributed by atoms with van der Waals surface area (Å²) in [5.74, 6) is 0.776. The van der Waals surface area contributed by atoms with E-state index in [9.17, 15) is 4.79 Å². The van der Waals surface area contributed by atoms with Gasteiger partial charge in [0.05, 0.1) is 10.2 Å². The molecular weight excluding hydrogens is 456 g/mol. The highest BCUT2D eigenvalue weighted by Gasteiger charge is 2.10. The van der Waals surface area contributed by atoms with Crippen LogP contribution in [0.15, 0.2) is 88.4 Å². The molecule has 1 aromatic heterocycles. The fourth-order valence-electron chi connectivity index (χ4n) is 3.44. The van der Waals surface area contributed by atoms with Crippen LogP contribution in [0.25, 0.3) is 10.2 Å². The van der Waals surface area contributed by atoms with E-state index in [2.05, 4.69) is 62.3 Å². The van der Waals surface area contributed by atoms with Crippen LogP contribution in [0.3, 0.4) is 0 Å². The van der Waals surface area contributed by atoms with Crippen LogP contribution < -0.4 is 5.32 Å². The van der Waals surface area contributed by atoms with Gasteiger partial charge >= 0.3 is 0 Å². The van der Waals surface area contributed by atoms with Gasteiger partial charge in [-0.15, -0.1) is 11.8 Å². The molecule has 0 saturated heterocycles. The third-order valence-electron chi connectivity index (χ3n) is 5.42. The van der Waals surface area contributed by atoms with E-state index in [1.165, 1.54) is 28.1 Å². The first-order valence-corrected chi connectivity index (χ1v) is 13.6. The third kappa shape index (κ3) is 8.62. The highest BCUT2D eigenvalue weighted by Crippen LogP contribution is 2.26. The molecule has 1 N–H and O–H groups in total. The Morgan fingerprint density at radius 1 is 0.941 bits per heavy atom. The largest absolute Gasteiger partial charge is 0.298 e. The number of thiazole rings is 1. The van der Waals surface area contributed by atoms with Crippen LogP contribution in [-0.2, 0) is 0 Å². The van der Waals surface area contributed by atoms with Crippen LogP contribution in [0.1, 0.15) is 63.7 Å². The molecular formula is C29H34N2OS2. The summed E-state index contributed by atoms with van der Waals surface area (Å²) in [5.41, 5.74) is 5.83. The summed E-state index contributed by atoms with van der Waals surface area (Å²) >= 11 is 3.24. The Labute approximate surface area is 212 Å². The number of carbonyl (C=O) groups excluding carboxylic acids is 1. The zero-order chi connectivity index (χ0) is 24.3. The van der Waals surface area contributed by atoms with E-state index < -0.39 is 0 Å². The van der Waals surface area contributed by atoms with Gasteiger partial charge < -0.3 is 0 Å². The standard InChI is InChI=1S/C29H34N2OS2/c1-21(2)10-7-11-22(3)12-8-13-23(4)18-19-33-25-15-9-14-24(20-25)28(32)31-29-30-26-16-5-6-17-27(26)34-29/h5-6,9-10,12,14-18,20H,7-8,11,13,19H2,1-4H3,(H,30,31,32)/b22-12+,23-18+. The smallest absolute Gasteiger partial charge is 0.257 e. The lowest BCUT2D eigenvalue weighted by Crippen LogP contribution is -2.11. The number of thioether (sulfide) groups is 1. The van der Waals surface area contributed by atoms with Crippen molar-refractivity contribution in [2.24, 2.45) is 0 Å². The van der Waals surface area contributed by atoms with Crippen LogP contribution in [-0.4, -0.2) is 16.6 Å². The van der Waals surface area contributed by atoms with Gasteiger partial charge in [-0.25, -0.2) is 4.98 Å². The predicted octanol–water partition coefficient (Wildman–Crippen LogP) is 9.06. The van der Waals surface area contributed by atoms with E-state index in [4.69, 9.17) is 0 Å². The first-order valence-electron chi connectivity index (χ1n) is 11.7. The van der Waals surface area contributed by atoms with Crippen LogP contribution in [0.4, 0.5) is 5.13 Å². The van der Waals surface area contributed by atoms with Crippen molar-refractivity contribution in [1.82, 2.24) is 4.98 Å². The highest BCUT2D eigenvalue weighted by molar-refractivity contribution is 7.99. The number of aromatic nitrogens is 1. The zero-order valence-electron chi connectivity index (χ0n) is 20.6. The average Bonchev–Trinajstić information content (AvgIpc) is 3.21. The van der Waals surface area contributed by atoms with Gasteiger partial charge in [-0.2, -0.15) is 0 Å². The van der Waals surface area contributed by atoms with Crippen LogP contribution in [0.2, 0.25) is 0 Å². The minimum Gasteiger partial charge on any atom is -0.298 e. The van der Waals surface area contributed by atoms with Crippen molar-refractivity contribution in [3.8, 4) is 0 Å². The number of carbonyl (C=O) groups is 1. The number of rotatable bonds is 11. The van der Waals surface area contributed by atoms with E-state index in [0.717, 1.165) is 46.5 Å². The maximum atomic E-state index is 12.7. The van der Waals surface area contributed by atoms with Crippen molar-refractivity contribution in [2.45, 2.75) is 58.3 Å². The van der Waals surface area contributed by atoms with Gasteiger partial charge in [0.2, 0.25) is 0 Å². The number of amides is 1. The number of fused-ring (bicyclic) bond motifs is 1. The van der Waals surface area contributed by atoms with Crippen LogP contribution in [0, 0.1) is 0 Å². The van der Waals surface area contributed by atoms with Gasteiger partial charge in [-0.1, -0.05) is 64.5 Å². The van der Waals surface area contributed by atoms with Gasteiger partial charge in [0.1, 0.15) is 0 Å². The van der Waals surface area contributed by atoms with Crippen molar-refractivity contribution < 1.29 is 4.79 Å². The summed E-state index contributed by atoms with van der Waals surface area (Å²) in [5, 5.41) is 3.57. The number of hydrogen-bond acceptors (Lipinski definition) is 4. The van der Waals surface area contributed by atoms with Crippen molar-refractivity contribution >= 4 is 44.4 Å². The summed E-state index contributed by atoms with van der Waals surface area (Å²) in [6.45, 7) is 8.74. The molecule has 0 spiro atoms. The topological polar surface area (TPSA) is 42.0 Å². The molecule has 0 bridgehead atoms. The second-order valence-corrected chi connectivity index (χ2v) is 10.9.